The first-order valence-electron chi connectivity index (χ1n) is 2.25. The fourth-order valence-electron chi connectivity index (χ4n) is 0.506. The number of aromatic amines is 1. The molecule has 0 unspecified atom stereocenters. The standard InChI is InChI=1S/C5H6ClNO/c6-2-4-1-5(8)3-7-4/h1,3,7-8H,2H2. The lowest BCUT2D eigenvalue weighted by atomic mass is 10.5. The van der Waals surface area contributed by atoms with Gasteiger partial charge in [0.05, 0.1) is 5.88 Å². The van der Waals surface area contributed by atoms with Crippen LogP contribution in [0.3, 0.4) is 0 Å². The number of hydrogen-bond donors (Lipinski definition) is 2. The molecular formula is C5H6ClNO. The average molecular weight is 132 g/mol. The zero-order valence-electron chi connectivity index (χ0n) is 4.19. The Balaban J connectivity index is 2.84. The van der Waals surface area contributed by atoms with E-state index in [1.165, 1.54) is 6.20 Å². The number of aromatic nitrogens is 1. The SMILES string of the molecule is Oc1c[nH]c(CCl)c1. The molecule has 8 heavy (non-hydrogen) atoms. The van der Waals surface area contributed by atoms with E-state index in [1.807, 2.05) is 0 Å². The monoisotopic (exact) mass is 131 g/mol. The second-order valence-corrected chi connectivity index (χ2v) is 1.78. The number of hydrogen-bond acceptors (Lipinski definition) is 1. The van der Waals surface area contributed by atoms with Crippen molar-refractivity contribution in [2.75, 3.05) is 0 Å². The van der Waals surface area contributed by atoms with Gasteiger partial charge in [-0.05, 0) is 0 Å². The molecule has 0 atom stereocenters. The summed E-state index contributed by atoms with van der Waals surface area (Å²) >= 11 is 5.40. The highest BCUT2D eigenvalue weighted by Gasteiger charge is 1.91. The molecule has 0 aliphatic rings. The van der Waals surface area contributed by atoms with Crippen molar-refractivity contribution in [2.24, 2.45) is 0 Å². The quantitative estimate of drug-likeness (QED) is 0.557. The Morgan fingerprint density at radius 3 is 2.75 bits per heavy atom. The molecule has 0 aromatic carbocycles. The van der Waals surface area contributed by atoms with Gasteiger partial charge in [-0.15, -0.1) is 11.6 Å². The Morgan fingerprint density at radius 2 is 2.50 bits per heavy atom. The lowest BCUT2D eigenvalue weighted by Gasteiger charge is -1.79. The van der Waals surface area contributed by atoms with Gasteiger partial charge < -0.3 is 10.1 Å². The topological polar surface area (TPSA) is 36.0 Å². The van der Waals surface area contributed by atoms with Crippen LogP contribution in [-0.2, 0) is 5.88 Å². The molecule has 1 rings (SSSR count). The van der Waals surface area contributed by atoms with Crippen molar-refractivity contribution in [1.29, 1.82) is 0 Å². The van der Waals surface area contributed by atoms with Crippen LogP contribution in [0, 0.1) is 0 Å². The van der Waals surface area contributed by atoms with E-state index in [4.69, 9.17) is 16.7 Å². The van der Waals surface area contributed by atoms with Gasteiger partial charge in [0.1, 0.15) is 5.75 Å². The van der Waals surface area contributed by atoms with E-state index in [2.05, 4.69) is 4.98 Å². The predicted molar refractivity (Wildman–Crippen MR) is 32.0 cm³/mol. The molecule has 0 aliphatic carbocycles. The van der Waals surface area contributed by atoms with Crippen LogP contribution in [0.25, 0.3) is 0 Å². The van der Waals surface area contributed by atoms with E-state index in [0.29, 0.717) is 5.88 Å². The second-order valence-electron chi connectivity index (χ2n) is 1.52. The lowest BCUT2D eigenvalue weighted by molar-refractivity contribution is 0.476. The summed E-state index contributed by atoms with van der Waals surface area (Å²) in [5.74, 6) is 0.654. The van der Waals surface area contributed by atoms with Crippen LogP contribution >= 0.6 is 11.6 Å². The molecule has 0 aliphatic heterocycles. The third-order valence-electron chi connectivity index (χ3n) is 0.872. The molecule has 0 amide bonds. The molecule has 0 saturated heterocycles. The minimum absolute atomic E-state index is 0.237. The highest BCUT2D eigenvalue weighted by atomic mass is 35.5. The van der Waals surface area contributed by atoms with E-state index in [-0.39, 0.29) is 5.75 Å². The van der Waals surface area contributed by atoms with Crippen LogP contribution in [0.15, 0.2) is 12.3 Å². The normalized spacial score (nSPS) is 9.62. The third kappa shape index (κ3) is 0.954. The van der Waals surface area contributed by atoms with Crippen molar-refractivity contribution >= 4 is 11.6 Å². The Labute approximate surface area is 52.1 Å². The van der Waals surface area contributed by atoms with Crippen LogP contribution in [0.1, 0.15) is 5.69 Å². The number of aromatic hydroxyl groups is 1. The molecule has 0 radical (unpaired) electrons. The van der Waals surface area contributed by atoms with Crippen molar-refractivity contribution < 1.29 is 5.11 Å². The summed E-state index contributed by atoms with van der Waals surface area (Å²) < 4.78 is 0. The van der Waals surface area contributed by atoms with Gasteiger partial charge in [0.15, 0.2) is 0 Å². The zero-order chi connectivity index (χ0) is 5.98. The first-order valence-corrected chi connectivity index (χ1v) is 2.78. The Kier molecular flexibility index (Phi) is 1.44. The van der Waals surface area contributed by atoms with E-state index < -0.39 is 0 Å². The number of halogens is 1. The molecule has 0 spiro atoms. The van der Waals surface area contributed by atoms with Crippen LogP contribution < -0.4 is 0 Å². The third-order valence-corrected chi connectivity index (χ3v) is 1.16. The van der Waals surface area contributed by atoms with Crippen molar-refractivity contribution in [2.45, 2.75) is 5.88 Å². The highest BCUT2D eigenvalue weighted by Crippen LogP contribution is 2.10. The molecule has 0 fully saturated rings. The Bertz CT molecular complexity index is 173. The fraction of sp³-hybridized carbons (Fsp3) is 0.200. The summed E-state index contributed by atoms with van der Waals surface area (Å²) in [6.45, 7) is 0. The molecule has 1 aromatic rings. The van der Waals surface area contributed by atoms with Crippen LogP contribution in [0.4, 0.5) is 0 Å². The zero-order valence-corrected chi connectivity index (χ0v) is 4.94. The Morgan fingerprint density at radius 1 is 1.75 bits per heavy atom. The Hall–Kier alpha value is -0.630. The van der Waals surface area contributed by atoms with E-state index in [9.17, 15) is 0 Å². The molecule has 44 valence electrons. The maximum atomic E-state index is 8.69. The maximum Gasteiger partial charge on any atom is 0.133 e. The van der Waals surface area contributed by atoms with Gasteiger partial charge in [-0.25, -0.2) is 0 Å². The first kappa shape index (κ1) is 5.51. The van der Waals surface area contributed by atoms with Crippen LogP contribution in [0.2, 0.25) is 0 Å². The smallest absolute Gasteiger partial charge is 0.133 e. The summed E-state index contributed by atoms with van der Waals surface area (Å²) in [4.78, 5) is 2.77. The van der Waals surface area contributed by atoms with Crippen molar-refractivity contribution in [1.82, 2.24) is 4.98 Å². The average Bonchev–Trinajstić information content (AvgIpc) is 2.14. The molecule has 1 heterocycles. The summed E-state index contributed by atoms with van der Waals surface area (Å²) in [7, 11) is 0. The van der Waals surface area contributed by atoms with Crippen LogP contribution in [0.5, 0.6) is 5.75 Å². The van der Waals surface area contributed by atoms with E-state index in [1.54, 1.807) is 6.07 Å². The number of alkyl halides is 1. The molecule has 1 aromatic heterocycles. The van der Waals surface area contributed by atoms with Crippen molar-refractivity contribution in [3.63, 3.8) is 0 Å². The number of H-pyrrole nitrogens is 1. The molecule has 3 heteroatoms. The summed E-state index contributed by atoms with van der Waals surface area (Å²) in [5.41, 5.74) is 0.837. The fourth-order valence-corrected chi connectivity index (χ4v) is 0.660. The lowest BCUT2D eigenvalue weighted by Crippen LogP contribution is -1.70. The summed E-state index contributed by atoms with van der Waals surface area (Å²) in [5, 5.41) is 8.69. The minimum Gasteiger partial charge on any atom is -0.506 e. The summed E-state index contributed by atoms with van der Waals surface area (Å²) in [6, 6.07) is 1.59. The molecule has 0 saturated carbocycles. The molecule has 2 N–H and O–H groups in total. The predicted octanol–water partition coefficient (Wildman–Crippen LogP) is 1.46. The van der Waals surface area contributed by atoms with E-state index in [0.717, 1.165) is 5.69 Å². The van der Waals surface area contributed by atoms with E-state index >= 15 is 0 Å². The van der Waals surface area contributed by atoms with Gasteiger partial charge in [-0.3, -0.25) is 0 Å². The summed E-state index contributed by atoms with van der Waals surface area (Å²) in [6.07, 6.45) is 1.50. The van der Waals surface area contributed by atoms with Gasteiger partial charge in [-0.2, -0.15) is 0 Å². The maximum absolute atomic E-state index is 8.69. The molecular weight excluding hydrogens is 126 g/mol. The van der Waals surface area contributed by atoms with Crippen molar-refractivity contribution in [3.8, 4) is 5.75 Å². The van der Waals surface area contributed by atoms with Gasteiger partial charge in [0.25, 0.3) is 0 Å². The highest BCUT2D eigenvalue weighted by molar-refractivity contribution is 6.16. The van der Waals surface area contributed by atoms with Gasteiger partial charge in [0, 0.05) is 18.0 Å². The largest absolute Gasteiger partial charge is 0.506 e. The minimum atomic E-state index is 0.237. The molecule has 2 nitrogen and oxygen atoms in total. The van der Waals surface area contributed by atoms with Gasteiger partial charge in [-0.1, -0.05) is 0 Å². The number of nitrogens with one attached hydrogen (secondary N) is 1. The number of rotatable bonds is 1. The van der Waals surface area contributed by atoms with Crippen LogP contribution in [-0.4, -0.2) is 10.1 Å². The van der Waals surface area contributed by atoms with Gasteiger partial charge in [0.2, 0.25) is 0 Å². The molecule has 0 bridgehead atoms. The van der Waals surface area contributed by atoms with Crippen molar-refractivity contribution in [3.05, 3.63) is 18.0 Å². The second kappa shape index (κ2) is 2.09. The van der Waals surface area contributed by atoms with Gasteiger partial charge >= 0.3 is 0 Å². The first-order chi connectivity index (χ1) is 3.83.